The van der Waals surface area contributed by atoms with Crippen LogP contribution in [-0.2, 0) is 4.74 Å². The van der Waals surface area contributed by atoms with E-state index in [1.165, 1.54) is 31.4 Å². The predicted octanol–water partition coefficient (Wildman–Crippen LogP) is 2.06. The highest BCUT2D eigenvalue weighted by Crippen LogP contribution is 2.31. The van der Waals surface area contributed by atoms with Crippen LogP contribution in [0.3, 0.4) is 0 Å². The van der Waals surface area contributed by atoms with Crippen molar-refractivity contribution in [2.75, 3.05) is 12.4 Å². The minimum Gasteiger partial charge on any atom is -0.377 e. The van der Waals surface area contributed by atoms with Crippen LogP contribution < -0.4 is 0 Å². The minimum atomic E-state index is 0.595. The first-order valence-corrected chi connectivity index (χ1v) is 5.23. The lowest BCUT2D eigenvalue weighted by Crippen LogP contribution is -2.15. The van der Waals surface area contributed by atoms with Crippen LogP contribution >= 0.6 is 11.8 Å². The summed E-state index contributed by atoms with van der Waals surface area (Å²) in [6, 6.07) is 0. The fourth-order valence-corrected chi connectivity index (χ4v) is 3.05. The van der Waals surface area contributed by atoms with Crippen LogP contribution in [0.5, 0.6) is 0 Å². The Morgan fingerprint density at radius 3 is 3.20 bits per heavy atom. The molecule has 10 heavy (non-hydrogen) atoms. The SMILES string of the molecule is C1CC2CSC(C1)CCO2. The summed E-state index contributed by atoms with van der Waals surface area (Å²) in [7, 11) is 0. The minimum absolute atomic E-state index is 0.595. The summed E-state index contributed by atoms with van der Waals surface area (Å²) in [5, 5.41) is 0.924. The molecule has 0 N–H and O–H groups in total. The molecular weight excluding hydrogens is 144 g/mol. The molecule has 2 saturated heterocycles. The number of thioether (sulfide) groups is 1. The molecule has 2 unspecified atom stereocenters. The van der Waals surface area contributed by atoms with Gasteiger partial charge in [0.2, 0.25) is 0 Å². The lowest BCUT2D eigenvalue weighted by atomic mass is 10.1. The summed E-state index contributed by atoms with van der Waals surface area (Å²) in [5.74, 6) is 1.25. The molecule has 2 heteroatoms. The molecule has 0 saturated carbocycles. The molecule has 0 spiro atoms. The number of fused-ring (bicyclic) bond motifs is 3. The van der Waals surface area contributed by atoms with Crippen LogP contribution in [-0.4, -0.2) is 23.7 Å². The molecule has 58 valence electrons. The van der Waals surface area contributed by atoms with Crippen LogP contribution in [0.15, 0.2) is 0 Å². The van der Waals surface area contributed by atoms with Crippen LogP contribution in [0.25, 0.3) is 0 Å². The quantitative estimate of drug-likeness (QED) is 0.533. The molecule has 0 aromatic rings. The van der Waals surface area contributed by atoms with E-state index in [4.69, 9.17) is 4.74 Å². The maximum absolute atomic E-state index is 5.65. The van der Waals surface area contributed by atoms with E-state index in [1.54, 1.807) is 0 Å². The van der Waals surface area contributed by atoms with Crippen molar-refractivity contribution in [3.63, 3.8) is 0 Å². The van der Waals surface area contributed by atoms with Crippen LogP contribution in [0.4, 0.5) is 0 Å². The molecule has 2 aliphatic rings. The van der Waals surface area contributed by atoms with Gasteiger partial charge < -0.3 is 4.74 Å². The maximum Gasteiger partial charge on any atom is 0.0665 e. The molecule has 2 heterocycles. The van der Waals surface area contributed by atoms with Crippen molar-refractivity contribution in [1.29, 1.82) is 0 Å². The first-order chi connectivity index (χ1) is 4.95. The van der Waals surface area contributed by atoms with Crippen LogP contribution in [0.2, 0.25) is 0 Å². The van der Waals surface area contributed by atoms with Gasteiger partial charge in [0.1, 0.15) is 0 Å². The maximum atomic E-state index is 5.65. The van der Waals surface area contributed by atoms with Crippen molar-refractivity contribution in [1.82, 2.24) is 0 Å². The van der Waals surface area contributed by atoms with E-state index in [-0.39, 0.29) is 0 Å². The Hall–Kier alpha value is 0.310. The van der Waals surface area contributed by atoms with Crippen molar-refractivity contribution in [2.24, 2.45) is 0 Å². The van der Waals surface area contributed by atoms with E-state index < -0.39 is 0 Å². The Kier molecular flexibility index (Phi) is 2.19. The lowest BCUT2D eigenvalue weighted by Gasteiger charge is -2.14. The van der Waals surface area contributed by atoms with Crippen LogP contribution in [0.1, 0.15) is 25.7 Å². The smallest absolute Gasteiger partial charge is 0.0665 e. The van der Waals surface area contributed by atoms with Crippen molar-refractivity contribution >= 4 is 11.8 Å². The second kappa shape index (κ2) is 3.14. The molecule has 0 aromatic carbocycles. The summed E-state index contributed by atoms with van der Waals surface area (Å²) in [6.07, 6.45) is 6.02. The van der Waals surface area contributed by atoms with Crippen molar-refractivity contribution in [2.45, 2.75) is 37.0 Å². The molecule has 0 amide bonds. The normalized spacial score (nSPS) is 40.8. The second-order valence-electron chi connectivity index (χ2n) is 3.17. The zero-order chi connectivity index (χ0) is 6.81. The molecule has 2 aliphatic heterocycles. The van der Waals surface area contributed by atoms with Crippen molar-refractivity contribution < 1.29 is 4.74 Å². The van der Waals surface area contributed by atoms with E-state index in [9.17, 15) is 0 Å². The number of rotatable bonds is 0. The van der Waals surface area contributed by atoms with Gasteiger partial charge in [0.25, 0.3) is 0 Å². The van der Waals surface area contributed by atoms with Gasteiger partial charge in [-0.05, 0) is 25.7 Å². The third kappa shape index (κ3) is 1.48. The third-order valence-electron chi connectivity index (χ3n) is 2.36. The zero-order valence-corrected chi connectivity index (χ0v) is 7.03. The second-order valence-corrected chi connectivity index (χ2v) is 4.50. The lowest BCUT2D eigenvalue weighted by molar-refractivity contribution is 0.0571. The molecule has 2 bridgehead atoms. The molecule has 1 nitrogen and oxygen atoms in total. The molecule has 2 fully saturated rings. The van der Waals surface area contributed by atoms with Crippen molar-refractivity contribution in [3.8, 4) is 0 Å². The Morgan fingerprint density at radius 1 is 1.20 bits per heavy atom. The number of hydrogen-bond acceptors (Lipinski definition) is 2. The van der Waals surface area contributed by atoms with Gasteiger partial charge in [0, 0.05) is 17.6 Å². The van der Waals surface area contributed by atoms with E-state index in [2.05, 4.69) is 11.8 Å². The highest BCUT2D eigenvalue weighted by molar-refractivity contribution is 7.99. The number of hydrogen-bond donors (Lipinski definition) is 0. The zero-order valence-electron chi connectivity index (χ0n) is 6.21. The highest BCUT2D eigenvalue weighted by atomic mass is 32.2. The average molecular weight is 158 g/mol. The molecule has 0 aromatic heterocycles. The highest BCUT2D eigenvalue weighted by Gasteiger charge is 2.23. The van der Waals surface area contributed by atoms with E-state index in [0.717, 1.165) is 11.9 Å². The molecular formula is C8H14OS. The van der Waals surface area contributed by atoms with Gasteiger partial charge in [-0.15, -0.1) is 0 Å². The van der Waals surface area contributed by atoms with Crippen molar-refractivity contribution in [3.05, 3.63) is 0 Å². The first kappa shape index (κ1) is 6.99. The van der Waals surface area contributed by atoms with Gasteiger partial charge >= 0.3 is 0 Å². The van der Waals surface area contributed by atoms with Gasteiger partial charge in [-0.25, -0.2) is 0 Å². The van der Waals surface area contributed by atoms with E-state index in [1.807, 2.05) is 0 Å². The fraction of sp³-hybridized carbons (Fsp3) is 1.00. The molecule has 0 radical (unpaired) electrons. The Bertz CT molecular complexity index is 93.8. The monoisotopic (exact) mass is 158 g/mol. The standard InChI is InChI=1S/C8H14OS/c1-2-7-6-10-8(3-1)4-5-9-7/h7-8H,1-6H2. The summed E-state index contributed by atoms with van der Waals surface area (Å²) in [4.78, 5) is 0. The molecule has 2 rings (SSSR count). The fourth-order valence-electron chi connectivity index (χ4n) is 1.71. The Morgan fingerprint density at radius 2 is 2.20 bits per heavy atom. The first-order valence-electron chi connectivity index (χ1n) is 4.18. The van der Waals surface area contributed by atoms with Gasteiger partial charge in [0.15, 0.2) is 0 Å². The average Bonchev–Trinajstić information content (AvgIpc) is 2.17. The molecule has 2 atom stereocenters. The van der Waals surface area contributed by atoms with Gasteiger partial charge in [-0.1, -0.05) is 0 Å². The molecule has 0 aliphatic carbocycles. The summed E-state index contributed by atoms with van der Waals surface area (Å²) < 4.78 is 5.65. The van der Waals surface area contributed by atoms with Gasteiger partial charge in [0.05, 0.1) is 6.10 Å². The van der Waals surface area contributed by atoms with E-state index in [0.29, 0.717) is 6.10 Å². The summed E-state index contributed by atoms with van der Waals surface area (Å²) in [6.45, 7) is 1.02. The van der Waals surface area contributed by atoms with Gasteiger partial charge in [-0.3, -0.25) is 0 Å². The predicted molar refractivity (Wildman–Crippen MR) is 44.5 cm³/mol. The van der Waals surface area contributed by atoms with E-state index >= 15 is 0 Å². The largest absolute Gasteiger partial charge is 0.377 e. The van der Waals surface area contributed by atoms with Gasteiger partial charge in [-0.2, -0.15) is 11.8 Å². The third-order valence-corrected chi connectivity index (χ3v) is 3.87. The topological polar surface area (TPSA) is 9.23 Å². The number of ether oxygens (including phenoxy) is 1. The Labute approximate surface area is 66.5 Å². The Balaban J connectivity index is 2.01. The summed E-state index contributed by atoms with van der Waals surface area (Å²) >= 11 is 2.13. The summed E-state index contributed by atoms with van der Waals surface area (Å²) in [5.41, 5.74) is 0. The van der Waals surface area contributed by atoms with Crippen LogP contribution in [0, 0.1) is 0 Å².